The average molecular weight is 469 g/mol. The highest BCUT2D eigenvalue weighted by molar-refractivity contribution is 5.94. The van der Waals surface area contributed by atoms with Crippen LogP contribution >= 0.6 is 0 Å². The molecule has 2 aromatic rings. The van der Waals surface area contributed by atoms with Gasteiger partial charge in [-0.1, -0.05) is 48.5 Å². The standard InChI is InChI=1S/C26H36N4O4/c1-28(30-14-15-33-25(18-30)22-10-6-7-11-23(22)26(27)31)24(20-8-4-3-5-9-20)17-29-13-12-21(16-29)34-19-32-2/h3-11,21,24-25H,12-19H2,1-2H3,(H2,27,31)/t21-,24+,25?/m0/s1. The second-order valence-corrected chi connectivity index (χ2v) is 8.97. The molecule has 184 valence electrons. The summed E-state index contributed by atoms with van der Waals surface area (Å²) >= 11 is 0. The van der Waals surface area contributed by atoms with Crippen LogP contribution in [0.4, 0.5) is 0 Å². The van der Waals surface area contributed by atoms with E-state index in [-0.39, 0.29) is 18.2 Å². The van der Waals surface area contributed by atoms with Crippen LogP contribution in [0.5, 0.6) is 0 Å². The molecule has 3 atom stereocenters. The minimum absolute atomic E-state index is 0.174. The first-order chi connectivity index (χ1) is 16.6. The van der Waals surface area contributed by atoms with Gasteiger partial charge in [0, 0.05) is 52.4 Å². The maximum atomic E-state index is 12.0. The highest BCUT2D eigenvalue weighted by Crippen LogP contribution is 2.30. The molecule has 1 amide bonds. The van der Waals surface area contributed by atoms with Gasteiger partial charge in [0.25, 0.3) is 0 Å². The number of primary amides is 1. The van der Waals surface area contributed by atoms with Crippen LogP contribution in [0.2, 0.25) is 0 Å². The molecule has 2 N–H and O–H groups in total. The van der Waals surface area contributed by atoms with Gasteiger partial charge in [-0.05, 0) is 23.6 Å². The number of morpholine rings is 1. The fraction of sp³-hybridized carbons (Fsp3) is 0.500. The second kappa shape index (κ2) is 11.9. The van der Waals surface area contributed by atoms with Crippen molar-refractivity contribution in [3.8, 4) is 0 Å². The maximum Gasteiger partial charge on any atom is 0.249 e. The van der Waals surface area contributed by atoms with Crippen molar-refractivity contribution in [3.63, 3.8) is 0 Å². The van der Waals surface area contributed by atoms with E-state index in [0.717, 1.165) is 38.2 Å². The first kappa shape index (κ1) is 24.8. The number of rotatable bonds is 10. The molecule has 0 aromatic heterocycles. The number of benzene rings is 2. The molecule has 0 radical (unpaired) electrons. The number of methoxy groups -OCH3 is 1. The number of likely N-dealkylation sites (tertiary alicyclic amines) is 1. The minimum Gasteiger partial charge on any atom is -0.371 e. The third-order valence-corrected chi connectivity index (χ3v) is 6.78. The zero-order chi connectivity index (χ0) is 23.9. The number of carbonyl (C=O) groups excluding carboxylic acids is 1. The number of hydrogen-bond acceptors (Lipinski definition) is 7. The Morgan fingerprint density at radius 2 is 1.91 bits per heavy atom. The Hall–Kier alpha value is -2.33. The number of nitrogens with zero attached hydrogens (tertiary/aromatic N) is 3. The predicted octanol–water partition coefficient (Wildman–Crippen LogP) is 2.44. The van der Waals surface area contributed by atoms with Crippen LogP contribution in [0.1, 0.15) is 40.1 Å². The lowest BCUT2D eigenvalue weighted by Gasteiger charge is -2.43. The van der Waals surface area contributed by atoms with Crippen LogP contribution in [-0.4, -0.2) is 87.2 Å². The lowest BCUT2D eigenvalue weighted by molar-refractivity contribution is -0.134. The van der Waals surface area contributed by atoms with Crippen molar-refractivity contribution in [2.45, 2.75) is 24.7 Å². The van der Waals surface area contributed by atoms with Crippen LogP contribution in [0.25, 0.3) is 0 Å². The number of ether oxygens (including phenoxy) is 3. The minimum atomic E-state index is -0.425. The van der Waals surface area contributed by atoms with E-state index < -0.39 is 5.91 Å². The quantitative estimate of drug-likeness (QED) is 0.537. The van der Waals surface area contributed by atoms with E-state index in [1.807, 2.05) is 18.2 Å². The average Bonchev–Trinajstić information content (AvgIpc) is 3.33. The Bertz CT molecular complexity index is 928. The summed E-state index contributed by atoms with van der Waals surface area (Å²) in [5, 5.41) is 4.67. The molecule has 0 saturated carbocycles. The fourth-order valence-corrected chi connectivity index (χ4v) is 4.93. The SMILES string of the molecule is COCO[C@H]1CCN(C[C@H](c2ccccc2)N(C)N2CCOC(c3ccccc3C(N)=O)C2)C1. The summed E-state index contributed by atoms with van der Waals surface area (Å²) < 4.78 is 17.0. The molecule has 2 fully saturated rings. The molecular formula is C26H36N4O4. The second-order valence-electron chi connectivity index (χ2n) is 8.97. The van der Waals surface area contributed by atoms with Crippen molar-refractivity contribution in [2.75, 3.05) is 60.3 Å². The third-order valence-electron chi connectivity index (χ3n) is 6.78. The number of carbonyl (C=O) groups is 1. The van der Waals surface area contributed by atoms with E-state index in [2.05, 4.69) is 52.3 Å². The molecule has 2 aliphatic rings. The molecule has 0 bridgehead atoms. The molecule has 34 heavy (non-hydrogen) atoms. The molecule has 1 unspecified atom stereocenters. The van der Waals surface area contributed by atoms with Crippen LogP contribution in [0, 0.1) is 0 Å². The van der Waals surface area contributed by atoms with Crippen LogP contribution in [0.3, 0.4) is 0 Å². The molecule has 2 heterocycles. The zero-order valence-electron chi connectivity index (χ0n) is 20.1. The Kier molecular flexibility index (Phi) is 8.66. The smallest absolute Gasteiger partial charge is 0.249 e. The first-order valence-corrected chi connectivity index (χ1v) is 11.9. The van der Waals surface area contributed by atoms with E-state index in [1.165, 1.54) is 5.56 Å². The number of hydrazine groups is 1. The molecule has 0 spiro atoms. The van der Waals surface area contributed by atoms with E-state index >= 15 is 0 Å². The van der Waals surface area contributed by atoms with Gasteiger partial charge in [0.05, 0.1) is 24.9 Å². The van der Waals surface area contributed by atoms with Gasteiger partial charge in [0.2, 0.25) is 5.91 Å². The van der Waals surface area contributed by atoms with Crippen LogP contribution < -0.4 is 5.73 Å². The maximum absolute atomic E-state index is 12.0. The normalized spacial score (nSPS) is 22.8. The van der Waals surface area contributed by atoms with Crippen molar-refractivity contribution in [2.24, 2.45) is 5.73 Å². The molecule has 2 saturated heterocycles. The Labute approximate surface area is 202 Å². The Balaban J connectivity index is 1.49. The molecule has 4 rings (SSSR count). The molecule has 2 aromatic carbocycles. The summed E-state index contributed by atoms with van der Waals surface area (Å²) in [5.74, 6) is -0.425. The molecule has 2 aliphatic heterocycles. The highest BCUT2D eigenvalue weighted by Gasteiger charge is 2.33. The van der Waals surface area contributed by atoms with Gasteiger partial charge in [-0.25, -0.2) is 10.0 Å². The Morgan fingerprint density at radius 1 is 1.15 bits per heavy atom. The summed E-state index contributed by atoms with van der Waals surface area (Å²) in [7, 11) is 3.81. The highest BCUT2D eigenvalue weighted by atomic mass is 16.7. The topological polar surface area (TPSA) is 80.5 Å². The fourth-order valence-electron chi connectivity index (χ4n) is 4.93. The van der Waals surface area contributed by atoms with E-state index in [0.29, 0.717) is 25.5 Å². The summed E-state index contributed by atoms with van der Waals surface area (Å²) in [6.07, 6.45) is 1.01. The third kappa shape index (κ3) is 6.02. The molecular weight excluding hydrogens is 432 g/mol. The summed E-state index contributed by atoms with van der Waals surface area (Å²) in [4.78, 5) is 14.4. The molecule has 0 aliphatic carbocycles. The molecule has 8 heteroatoms. The Morgan fingerprint density at radius 3 is 2.68 bits per heavy atom. The van der Waals surface area contributed by atoms with Crippen molar-refractivity contribution in [1.82, 2.24) is 14.9 Å². The summed E-state index contributed by atoms with van der Waals surface area (Å²) in [5.41, 5.74) is 8.27. The summed E-state index contributed by atoms with van der Waals surface area (Å²) in [6, 6.07) is 18.3. The first-order valence-electron chi connectivity index (χ1n) is 11.9. The number of likely N-dealkylation sites (N-methyl/N-ethyl adjacent to an activating group) is 1. The van der Waals surface area contributed by atoms with Crippen LogP contribution in [-0.2, 0) is 14.2 Å². The van der Waals surface area contributed by atoms with Crippen molar-refractivity contribution in [3.05, 3.63) is 71.3 Å². The van der Waals surface area contributed by atoms with E-state index in [4.69, 9.17) is 19.9 Å². The van der Waals surface area contributed by atoms with Gasteiger partial charge < -0.3 is 19.9 Å². The number of amides is 1. The summed E-state index contributed by atoms with van der Waals surface area (Å²) in [6.45, 7) is 5.16. The van der Waals surface area contributed by atoms with Gasteiger partial charge in [0.1, 0.15) is 6.79 Å². The van der Waals surface area contributed by atoms with Gasteiger partial charge >= 0.3 is 0 Å². The van der Waals surface area contributed by atoms with Gasteiger partial charge in [-0.2, -0.15) is 0 Å². The van der Waals surface area contributed by atoms with Crippen molar-refractivity contribution >= 4 is 5.91 Å². The monoisotopic (exact) mass is 468 g/mol. The van der Waals surface area contributed by atoms with Crippen molar-refractivity contribution < 1.29 is 19.0 Å². The lowest BCUT2D eigenvalue weighted by atomic mass is 10.0. The molecule has 8 nitrogen and oxygen atoms in total. The van der Waals surface area contributed by atoms with Crippen molar-refractivity contribution in [1.29, 1.82) is 0 Å². The van der Waals surface area contributed by atoms with Gasteiger partial charge in [0.15, 0.2) is 0 Å². The predicted molar refractivity (Wildman–Crippen MR) is 130 cm³/mol. The van der Waals surface area contributed by atoms with Crippen LogP contribution in [0.15, 0.2) is 54.6 Å². The van der Waals surface area contributed by atoms with E-state index in [9.17, 15) is 4.79 Å². The largest absolute Gasteiger partial charge is 0.371 e. The lowest BCUT2D eigenvalue weighted by Crippen LogP contribution is -2.51. The number of hydrogen-bond donors (Lipinski definition) is 1. The van der Waals surface area contributed by atoms with Gasteiger partial charge in [-0.15, -0.1) is 0 Å². The number of nitrogens with two attached hydrogens (primary N) is 1. The zero-order valence-corrected chi connectivity index (χ0v) is 20.1. The van der Waals surface area contributed by atoms with E-state index in [1.54, 1.807) is 13.2 Å². The van der Waals surface area contributed by atoms with Gasteiger partial charge in [-0.3, -0.25) is 9.69 Å².